The molecule has 1 N–H and O–H groups in total. The van der Waals surface area contributed by atoms with E-state index in [1.54, 1.807) is 0 Å². The fourth-order valence-corrected chi connectivity index (χ4v) is 2.23. The van der Waals surface area contributed by atoms with Crippen LogP contribution in [-0.4, -0.2) is 30.9 Å². The van der Waals surface area contributed by atoms with Crippen molar-refractivity contribution in [2.24, 2.45) is 0 Å². The van der Waals surface area contributed by atoms with Gasteiger partial charge < -0.3 is 14.8 Å². The number of hydrogen-bond acceptors (Lipinski definition) is 3. The highest BCUT2D eigenvalue weighted by Crippen LogP contribution is 2.22. The first-order valence-corrected chi connectivity index (χ1v) is 7.32. The van der Waals surface area contributed by atoms with Gasteiger partial charge in [0.25, 0.3) is 0 Å². The Morgan fingerprint density at radius 2 is 1.90 bits per heavy atom. The molecule has 1 saturated heterocycles. The fourth-order valence-electron chi connectivity index (χ4n) is 2.23. The molecule has 0 spiro atoms. The first-order valence-electron chi connectivity index (χ1n) is 7.32. The van der Waals surface area contributed by atoms with Crippen molar-refractivity contribution in [2.75, 3.05) is 13.2 Å². The lowest BCUT2D eigenvalue weighted by atomic mass is 10.1. The molecule has 1 aliphatic rings. The molecule has 1 aliphatic heterocycles. The second-order valence-corrected chi connectivity index (χ2v) is 6.48. The van der Waals surface area contributed by atoms with Gasteiger partial charge in [-0.1, -0.05) is 0 Å². The Kier molecular flexibility index (Phi) is 5.17. The van der Waals surface area contributed by atoms with Crippen LogP contribution in [0, 0.1) is 11.6 Å². The van der Waals surface area contributed by atoms with Gasteiger partial charge in [-0.25, -0.2) is 8.78 Å². The summed E-state index contributed by atoms with van der Waals surface area (Å²) >= 11 is 0. The summed E-state index contributed by atoms with van der Waals surface area (Å²) in [5.74, 6) is -1.44. The molecule has 0 amide bonds. The Balaban J connectivity index is 1.74. The molecular formula is C16H23F2NO2. The van der Waals surface area contributed by atoms with Crippen molar-refractivity contribution in [1.29, 1.82) is 0 Å². The van der Waals surface area contributed by atoms with Gasteiger partial charge in [0.1, 0.15) is 12.4 Å². The van der Waals surface area contributed by atoms with Crippen molar-refractivity contribution in [3.8, 4) is 5.75 Å². The van der Waals surface area contributed by atoms with E-state index in [9.17, 15) is 8.78 Å². The molecule has 1 fully saturated rings. The average molecular weight is 299 g/mol. The van der Waals surface area contributed by atoms with Crippen LogP contribution >= 0.6 is 0 Å². The first-order chi connectivity index (χ1) is 9.83. The SMILES string of the molecule is CC(C)(C)NCC1CCC(COc2ccc(F)c(F)c2)O1. The van der Waals surface area contributed by atoms with E-state index in [2.05, 4.69) is 26.1 Å². The maximum Gasteiger partial charge on any atom is 0.162 e. The van der Waals surface area contributed by atoms with Crippen LogP contribution in [0.15, 0.2) is 18.2 Å². The van der Waals surface area contributed by atoms with Gasteiger partial charge in [0.2, 0.25) is 0 Å². The number of halogens is 2. The van der Waals surface area contributed by atoms with Crippen LogP contribution in [0.2, 0.25) is 0 Å². The summed E-state index contributed by atoms with van der Waals surface area (Å²) < 4.78 is 37.2. The lowest BCUT2D eigenvalue weighted by molar-refractivity contribution is 0.0161. The van der Waals surface area contributed by atoms with E-state index in [4.69, 9.17) is 9.47 Å². The van der Waals surface area contributed by atoms with Crippen LogP contribution in [0.1, 0.15) is 33.6 Å². The smallest absolute Gasteiger partial charge is 0.162 e. The fraction of sp³-hybridized carbons (Fsp3) is 0.625. The maximum absolute atomic E-state index is 13.1. The van der Waals surface area contributed by atoms with E-state index in [-0.39, 0.29) is 17.7 Å². The molecule has 0 saturated carbocycles. The highest BCUT2D eigenvalue weighted by molar-refractivity contribution is 5.23. The minimum absolute atomic E-state index is 0.00452. The van der Waals surface area contributed by atoms with Crippen LogP contribution in [0.25, 0.3) is 0 Å². The molecule has 2 atom stereocenters. The summed E-state index contributed by atoms with van der Waals surface area (Å²) in [6.07, 6.45) is 2.09. The number of rotatable bonds is 5. The molecule has 118 valence electrons. The summed E-state index contributed by atoms with van der Waals surface area (Å²) in [5.41, 5.74) is 0.0730. The normalized spacial score (nSPS) is 22.5. The molecule has 1 aromatic carbocycles. The Morgan fingerprint density at radius 1 is 1.19 bits per heavy atom. The van der Waals surface area contributed by atoms with Crippen LogP contribution in [0.5, 0.6) is 5.75 Å². The van der Waals surface area contributed by atoms with E-state index in [0.717, 1.165) is 31.5 Å². The third-order valence-electron chi connectivity index (χ3n) is 3.38. The van der Waals surface area contributed by atoms with Crippen molar-refractivity contribution in [3.05, 3.63) is 29.8 Å². The van der Waals surface area contributed by atoms with Gasteiger partial charge in [0.15, 0.2) is 11.6 Å². The van der Waals surface area contributed by atoms with Gasteiger partial charge in [0.05, 0.1) is 12.2 Å². The van der Waals surface area contributed by atoms with E-state index in [1.807, 2.05) is 0 Å². The summed E-state index contributed by atoms with van der Waals surface area (Å²) in [4.78, 5) is 0. The summed E-state index contributed by atoms with van der Waals surface area (Å²) in [7, 11) is 0. The van der Waals surface area contributed by atoms with Gasteiger partial charge in [-0.15, -0.1) is 0 Å². The number of nitrogens with one attached hydrogen (secondary N) is 1. The molecule has 1 heterocycles. The van der Waals surface area contributed by atoms with Crippen molar-refractivity contribution in [3.63, 3.8) is 0 Å². The minimum atomic E-state index is -0.896. The largest absolute Gasteiger partial charge is 0.491 e. The molecule has 2 rings (SSSR count). The number of benzene rings is 1. The summed E-state index contributed by atoms with van der Waals surface area (Å²) in [5, 5.41) is 3.41. The molecule has 3 nitrogen and oxygen atoms in total. The quantitative estimate of drug-likeness (QED) is 0.905. The lowest BCUT2D eigenvalue weighted by Crippen LogP contribution is -2.41. The molecule has 1 aromatic rings. The van der Waals surface area contributed by atoms with Crippen LogP contribution in [0.4, 0.5) is 8.78 Å². The summed E-state index contributed by atoms with van der Waals surface area (Å²) in [6.45, 7) is 7.52. The molecule has 5 heteroatoms. The first kappa shape index (κ1) is 16.2. The zero-order valence-corrected chi connectivity index (χ0v) is 12.8. The predicted octanol–water partition coefficient (Wildman–Crippen LogP) is 3.28. The molecule has 2 unspecified atom stereocenters. The molecule has 0 aromatic heterocycles. The molecular weight excluding hydrogens is 276 g/mol. The molecule has 0 aliphatic carbocycles. The van der Waals surface area contributed by atoms with E-state index in [1.165, 1.54) is 6.07 Å². The monoisotopic (exact) mass is 299 g/mol. The van der Waals surface area contributed by atoms with Gasteiger partial charge >= 0.3 is 0 Å². The highest BCUT2D eigenvalue weighted by atomic mass is 19.2. The van der Waals surface area contributed by atoms with Crippen LogP contribution in [0.3, 0.4) is 0 Å². The number of ether oxygens (including phenoxy) is 2. The Labute approximate surface area is 124 Å². The lowest BCUT2D eigenvalue weighted by Gasteiger charge is -2.23. The van der Waals surface area contributed by atoms with E-state index < -0.39 is 11.6 Å². The van der Waals surface area contributed by atoms with E-state index >= 15 is 0 Å². The maximum atomic E-state index is 13.1. The second-order valence-electron chi connectivity index (χ2n) is 6.48. The minimum Gasteiger partial charge on any atom is -0.491 e. The molecule has 0 radical (unpaired) electrons. The van der Waals surface area contributed by atoms with Gasteiger partial charge in [0, 0.05) is 18.2 Å². The highest BCUT2D eigenvalue weighted by Gasteiger charge is 2.26. The van der Waals surface area contributed by atoms with Gasteiger partial charge in [-0.2, -0.15) is 0 Å². The van der Waals surface area contributed by atoms with Crippen molar-refractivity contribution < 1.29 is 18.3 Å². The average Bonchev–Trinajstić information content (AvgIpc) is 2.85. The third kappa shape index (κ3) is 5.25. The van der Waals surface area contributed by atoms with Gasteiger partial charge in [-0.3, -0.25) is 0 Å². The molecule has 0 bridgehead atoms. The van der Waals surface area contributed by atoms with Gasteiger partial charge in [-0.05, 0) is 45.7 Å². The summed E-state index contributed by atoms with van der Waals surface area (Å²) in [6, 6.07) is 3.55. The zero-order chi connectivity index (χ0) is 15.5. The third-order valence-corrected chi connectivity index (χ3v) is 3.38. The number of hydrogen-bond donors (Lipinski definition) is 1. The standard InChI is InChI=1S/C16H23F2NO2/c1-16(2,3)19-9-12-4-5-13(21-12)10-20-11-6-7-14(17)15(18)8-11/h6-8,12-13,19H,4-5,9-10H2,1-3H3. The van der Waals surface area contributed by atoms with Crippen molar-refractivity contribution in [1.82, 2.24) is 5.32 Å². The Hall–Kier alpha value is -1.20. The molecule has 21 heavy (non-hydrogen) atoms. The Bertz CT molecular complexity index is 474. The Morgan fingerprint density at radius 3 is 2.57 bits per heavy atom. The van der Waals surface area contributed by atoms with E-state index in [0.29, 0.717) is 12.4 Å². The van der Waals surface area contributed by atoms with Crippen LogP contribution < -0.4 is 10.1 Å². The van der Waals surface area contributed by atoms with Crippen molar-refractivity contribution in [2.45, 2.75) is 51.4 Å². The topological polar surface area (TPSA) is 30.5 Å². The second kappa shape index (κ2) is 6.71. The van der Waals surface area contributed by atoms with Crippen molar-refractivity contribution >= 4 is 0 Å². The predicted molar refractivity (Wildman–Crippen MR) is 77.5 cm³/mol. The zero-order valence-electron chi connectivity index (χ0n) is 12.8. The van der Waals surface area contributed by atoms with Crippen LogP contribution in [-0.2, 0) is 4.74 Å².